The summed E-state index contributed by atoms with van der Waals surface area (Å²) in [5.41, 5.74) is 0. The zero-order valence-electron chi connectivity index (χ0n) is 7.46. The van der Waals surface area contributed by atoms with Crippen molar-refractivity contribution in [1.29, 1.82) is 0 Å². The molecule has 0 heterocycles. The largest absolute Gasteiger partial charge is 0.396 e. The number of rotatable bonds is 8. The Labute approximate surface area is 74.3 Å². The van der Waals surface area contributed by atoms with E-state index in [0.29, 0.717) is 6.61 Å². The predicted octanol–water partition coefficient (Wildman–Crippen LogP) is 1.99. The summed E-state index contributed by atoms with van der Waals surface area (Å²) in [4.78, 5) is 9.74. The zero-order valence-corrected chi connectivity index (χ0v) is 7.46. The van der Waals surface area contributed by atoms with Crippen LogP contribution in [0.1, 0.15) is 38.5 Å². The number of hydrogen-bond donors (Lipinski definition) is 1. The summed E-state index contributed by atoms with van der Waals surface area (Å²) in [5.74, 6) is 0. The fourth-order valence-electron chi connectivity index (χ4n) is 1.04. The van der Waals surface area contributed by atoms with E-state index in [1.807, 2.05) is 6.08 Å². The molecule has 0 spiro atoms. The molecular formula is C10H17O2. The van der Waals surface area contributed by atoms with Crippen molar-refractivity contribution < 1.29 is 9.90 Å². The minimum atomic E-state index is 0.306. The van der Waals surface area contributed by atoms with Crippen LogP contribution in [0.2, 0.25) is 0 Å². The van der Waals surface area contributed by atoms with Gasteiger partial charge in [0.1, 0.15) is 0 Å². The summed E-state index contributed by atoms with van der Waals surface area (Å²) < 4.78 is 0. The number of aliphatic hydroxyl groups is 1. The van der Waals surface area contributed by atoms with Gasteiger partial charge in [0.15, 0.2) is 0 Å². The molecule has 0 aromatic rings. The molecule has 69 valence electrons. The molecule has 0 aliphatic carbocycles. The lowest BCUT2D eigenvalue weighted by molar-refractivity contribution is 0.282. The highest BCUT2D eigenvalue weighted by atomic mass is 16.2. The number of aliphatic hydroxyl groups excluding tert-OH is 1. The van der Waals surface area contributed by atoms with Crippen LogP contribution in [0.25, 0.3) is 0 Å². The van der Waals surface area contributed by atoms with Crippen molar-refractivity contribution in [1.82, 2.24) is 0 Å². The summed E-state index contributed by atoms with van der Waals surface area (Å²) in [6.07, 6.45) is 11.5. The number of unbranched alkanes of at least 4 members (excludes halogenated alkanes) is 5. The first kappa shape index (κ1) is 11.4. The van der Waals surface area contributed by atoms with Gasteiger partial charge in [-0.2, -0.15) is 0 Å². The first-order valence-corrected chi connectivity index (χ1v) is 4.55. The second-order valence-corrected chi connectivity index (χ2v) is 2.80. The molecule has 0 saturated heterocycles. The molecule has 2 heteroatoms. The average Bonchev–Trinajstić information content (AvgIpc) is 2.10. The molecule has 0 bridgehead atoms. The topological polar surface area (TPSA) is 37.3 Å². The predicted molar refractivity (Wildman–Crippen MR) is 49.6 cm³/mol. The van der Waals surface area contributed by atoms with Crippen LogP contribution in [0.3, 0.4) is 0 Å². The lowest BCUT2D eigenvalue weighted by atomic mass is 10.1. The monoisotopic (exact) mass is 169 g/mol. The van der Waals surface area contributed by atoms with Gasteiger partial charge in [0.05, 0.1) is 0 Å². The van der Waals surface area contributed by atoms with Crippen molar-refractivity contribution in [2.75, 3.05) is 6.61 Å². The molecule has 0 fully saturated rings. The quantitative estimate of drug-likeness (QED) is 0.445. The second kappa shape index (κ2) is 10.4. The van der Waals surface area contributed by atoms with Gasteiger partial charge < -0.3 is 5.11 Å². The SMILES string of the molecule is O=[C]/C=C/CCCCCCCO. The lowest BCUT2D eigenvalue weighted by Crippen LogP contribution is -1.83. The van der Waals surface area contributed by atoms with E-state index in [-0.39, 0.29) is 0 Å². The molecule has 0 atom stereocenters. The Balaban J connectivity index is 2.90. The summed E-state index contributed by atoms with van der Waals surface area (Å²) in [6.45, 7) is 0.306. The number of hydrogen-bond acceptors (Lipinski definition) is 2. The highest BCUT2D eigenvalue weighted by Crippen LogP contribution is 2.04. The standard InChI is InChI=1S/C10H17O2/c11-9-7-5-3-1-2-4-6-8-10-12/h5,7,12H,1-4,6,8,10H2/b7-5+. The molecule has 12 heavy (non-hydrogen) atoms. The van der Waals surface area contributed by atoms with Crippen molar-refractivity contribution in [2.24, 2.45) is 0 Å². The van der Waals surface area contributed by atoms with E-state index in [9.17, 15) is 4.79 Å². The van der Waals surface area contributed by atoms with Crippen LogP contribution in [0.15, 0.2) is 12.2 Å². The molecule has 0 aromatic heterocycles. The zero-order chi connectivity index (χ0) is 9.07. The van der Waals surface area contributed by atoms with E-state index in [1.165, 1.54) is 18.9 Å². The molecule has 0 aliphatic heterocycles. The molecule has 0 rings (SSSR count). The third kappa shape index (κ3) is 9.37. The third-order valence-corrected chi connectivity index (χ3v) is 1.71. The van der Waals surface area contributed by atoms with Crippen LogP contribution in [0, 0.1) is 0 Å². The lowest BCUT2D eigenvalue weighted by Gasteiger charge is -1.96. The molecule has 0 aliphatic rings. The fourth-order valence-corrected chi connectivity index (χ4v) is 1.04. The maximum atomic E-state index is 9.74. The van der Waals surface area contributed by atoms with Crippen molar-refractivity contribution in [3.63, 3.8) is 0 Å². The van der Waals surface area contributed by atoms with E-state index < -0.39 is 0 Å². The average molecular weight is 169 g/mol. The van der Waals surface area contributed by atoms with Gasteiger partial charge in [-0.05, 0) is 25.3 Å². The Hall–Kier alpha value is -0.630. The number of allylic oxidation sites excluding steroid dienone is 2. The third-order valence-electron chi connectivity index (χ3n) is 1.71. The van der Waals surface area contributed by atoms with Crippen LogP contribution >= 0.6 is 0 Å². The summed E-state index contributed by atoms with van der Waals surface area (Å²) in [5, 5.41) is 8.48. The maximum Gasteiger partial charge on any atom is 0.225 e. The fraction of sp³-hybridized carbons (Fsp3) is 0.700. The van der Waals surface area contributed by atoms with Crippen LogP contribution < -0.4 is 0 Å². The van der Waals surface area contributed by atoms with E-state index in [2.05, 4.69) is 0 Å². The van der Waals surface area contributed by atoms with Gasteiger partial charge in [-0.3, -0.25) is 4.79 Å². The van der Waals surface area contributed by atoms with Crippen molar-refractivity contribution in [3.8, 4) is 0 Å². The summed E-state index contributed by atoms with van der Waals surface area (Å²) >= 11 is 0. The molecule has 1 N–H and O–H groups in total. The first-order chi connectivity index (χ1) is 5.91. The Morgan fingerprint density at radius 1 is 1.08 bits per heavy atom. The van der Waals surface area contributed by atoms with Crippen LogP contribution in [0.4, 0.5) is 0 Å². The van der Waals surface area contributed by atoms with Gasteiger partial charge in [-0.15, -0.1) is 0 Å². The van der Waals surface area contributed by atoms with Crippen molar-refractivity contribution >= 4 is 6.29 Å². The van der Waals surface area contributed by atoms with Gasteiger partial charge in [0.25, 0.3) is 0 Å². The molecule has 0 aromatic carbocycles. The van der Waals surface area contributed by atoms with E-state index >= 15 is 0 Å². The molecule has 2 nitrogen and oxygen atoms in total. The Morgan fingerprint density at radius 3 is 2.42 bits per heavy atom. The minimum absolute atomic E-state index is 0.306. The van der Waals surface area contributed by atoms with Gasteiger partial charge in [-0.1, -0.05) is 25.3 Å². The second-order valence-electron chi connectivity index (χ2n) is 2.80. The highest BCUT2D eigenvalue weighted by molar-refractivity contribution is 5.65. The summed E-state index contributed by atoms with van der Waals surface area (Å²) in [7, 11) is 0. The van der Waals surface area contributed by atoms with Crippen LogP contribution in [-0.2, 0) is 4.79 Å². The number of carbonyl (C=O) groups excluding carboxylic acids is 1. The maximum absolute atomic E-state index is 9.74. The Morgan fingerprint density at radius 2 is 1.75 bits per heavy atom. The van der Waals surface area contributed by atoms with E-state index in [4.69, 9.17) is 5.11 Å². The van der Waals surface area contributed by atoms with Crippen LogP contribution in [0.5, 0.6) is 0 Å². The Kier molecular flexibility index (Phi) is 9.83. The molecule has 0 unspecified atom stereocenters. The summed E-state index contributed by atoms with van der Waals surface area (Å²) in [6, 6.07) is 0. The van der Waals surface area contributed by atoms with Gasteiger partial charge in [-0.25, -0.2) is 0 Å². The molecule has 0 amide bonds. The van der Waals surface area contributed by atoms with Gasteiger partial charge in [0.2, 0.25) is 6.29 Å². The first-order valence-electron chi connectivity index (χ1n) is 4.55. The van der Waals surface area contributed by atoms with E-state index in [1.54, 1.807) is 6.29 Å². The smallest absolute Gasteiger partial charge is 0.225 e. The normalized spacial score (nSPS) is 10.8. The van der Waals surface area contributed by atoms with Crippen molar-refractivity contribution in [2.45, 2.75) is 38.5 Å². The van der Waals surface area contributed by atoms with Crippen LogP contribution in [-0.4, -0.2) is 18.0 Å². The van der Waals surface area contributed by atoms with Gasteiger partial charge >= 0.3 is 0 Å². The Bertz CT molecular complexity index is 119. The molecular weight excluding hydrogens is 152 g/mol. The molecule has 0 saturated carbocycles. The minimum Gasteiger partial charge on any atom is -0.396 e. The van der Waals surface area contributed by atoms with Gasteiger partial charge in [0, 0.05) is 6.61 Å². The molecule has 1 radical (unpaired) electrons. The van der Waals surface area contributed by atoms with E-state index in [0.717, 1.165) is 25.7 Å². The highest BCUT2D eigenvalue weighted by Gasteiger charge is 1.87. The van der Waals surface area contributed by atoms with Crippen molar-refractivity contribution in [3.05, 3.63) is 12.2 Å².